The summed E-state index contributed by atoms with van der Waals surface area (Å²) in [5.74, 6) is -0.199. The van der Waals surface area contributed by atoms with Crippen molar-refractivity contribution < 1.29 is 4.79 Å². The van der Waals surface area contributed by atoms with Crippen LogP contribution in [0.15, 0.2) is 42.5 Å². The van der Waals surface area contributed by atoms with Gasteiger partial charge < -0.3 is 15.1 Å². The highest BCUT2D eigenvalue weighted by molar-refractivity contribution is 6.42. The molecule has 1 aliphatic rings. The summed E-state index contributed by atoms with van der Waals surface area (Å²) < 4.78 is 0. The van der Waals surface area contributed by atoms with E-state index in [0.717, 1.165) is 37.6 Å². The first-order chi connectivity index (χ1) is 11.5. The number of piperazine rings is 1. The molecule has 0 saturated carbocycles. The van der Waals surface area contributed by atoms with Crippen LogP contribution in [0, 0.1) is 0 Å². The van der Waals surface area contributed by atoms with E-state index in [9.17, 15) is 4.79 Å². The van der Waals surface area contributed by atoms with Crippen molar-refractivity contribution in [2.75, 3.05) is 43.4 Å². The zero-order chi connectivity index (χ0) is 17.1. The van der Waals surface area contributed by atoms with Gasteiger partial charge in [0.1, 0.15) is 0 Å². The average molecular weight is 364 g/mol. The first kappa shape index (κ1) is 17.1. The number of hydrogen-bond acceptors (Lipinski definition) is 3. The van der Waals surface area contributed by atoms with Gasteiger partial charge in [-0.2, -0.15) is 0 Å². The number of rotatable bonds is 3. The van der Waals surface area contributed by atoms with E-state index in [1.54, 1.807) is 18.2 Å². The van der Waals surface area contributed by atoms with Crippen LogP contribution in [0.4, 0.5) is 11.4 Å². The third-order valence-corrected chi connectivity index (χ3v) is 4.92. The van der Waals surface area contributed by atoms with Gasteiger partial charge in [-0.1, -0.05) is 35.3 Å². The van der Waals surface area contributed by atoms with Crippen LogP contribution in [0.5, 0.6) is 0 Å². The fourth-order valence-corrected chi connectivity index (χ4v) is 3.03. The summed E-state index contributed by atoms with van der Waals surface area (Å²) in [5.41, 5.74) is 2.33. The highest BCUT2D eigenvalue weighted by atomic mass is 35.5. The summed E-state index contributed by atoms with van der Waals surface area (Å²) in [6.45, 7) is 3.90. The van der Waals surface area contributed by atoms with Gasteiger partial charge in [-0.3, -0.25) is 4.79 Å². The normalized spacial score (nSPS) is 15.4. The zero-order valence-electron chi connectivity index (χ0n) is 13.4. The Kier molecular flexibility index (Phi) is 5.29. The van der Waals surface area contributed by atoms with Crippen molar-refractivity contribution in [2.45, 2.75) is 0 Å². The van der Waals surface area contributed by atoms with E-state index < -0.39 is 0 Å². The fourth-order valence-electron chi connectivity index (χ4n) is 2.73. The number of halogens is 2. The summed E-state index contributed by atoms with van der Waals surface area (Å²) in [6, 6.07) is 12.7. The van der Waals surface area contributed by atoms with Gasteiger partial charge in [-0.05, 0) is 37.4 Å². The number of benzene rings is 2. The average Bonchev–Trinajstić information content (AvgIpc) is 2.58. The second-order valence-electron chi connectivity index (χ2n) is 5.89. The molecule has 2 aromatic carbocycles. The molecule has 1 heterocycles. The monoisotopic (exact) mass is 363 g/mol. The van der Waals surface area contributed by atoms with Crippen molar-refractivity contribution in [2.24, 2.45) is 0 Å². The molecule has 0 spiro atoms. The van der Waals surface area contributed by atoms with Gasteiger partial charge in [0.25, 0.3) is 5.91 Å². The van der Waals surface area contributed by atoms with Crippen LogP contribution in [0.2, 0.25) is 10.0 Å². The Morgan fingerprint density at radius 1 is 1.00 bits per heavy atom. The molecule has 126 valence electrons. The van der Waals surface area contributed by atoms with Crippen LogP contribution in [-0.2, 0) is 0 Å². The number of likely N-dealkylation sites (N-methyl/N-ethyl adjacent to an activating group) is 1. The van der Waals surface area contributed by atoms with Crippen molar-refractivity contribution >= 4 is 40.5 Å². The number of nitrogens with one attached hydrogen (secondary N) is 1. The van der Waals surface area contributed by atoms with Crippen molar-refractivity contribution in [3.63, 3.8) is 0 Å². The molecule has 2 aromatic rings. The van der Waals surface area contributed by atoms with E-state index in [2.05, 4.69) is 22.2 Å². The molecule has 24 heavy (non-hydrogen) atoms. The van der Waals surface area contributed by atoms with E-state index >= 15 is 0 Å². The number of carbonyl (C=O) groups excluding carboxylic acids is 1. The number of anilines is 2. The van der Waals surface area contributed by atoms with Crippen molar-refractivity contribution in [3.05, 3.63) is 58.1 Å². The maximum atomic E-state index is 12.5. The Labute approximate surface area is 152 Å². The molecule has 1 N–H and O–H groups in total. The lowest BCUT2D eigenvalue weighted by molar-refractivity contribution is 0.102. The van der Waals surface area contributed by atoms with Crippen LogP contribution in [0.3, 0.4) is 0 Å². The van der Waals surface area contributed by atoms with Crippen molar-refractivity contribution in [3.8, 4) is 0 Å². The summed E-state index contributed by atoms with van der Waals surface area (Å²) >= 11 is 11.9. The molecule has 0 aromatic heterocycles. The number of amides is 1. The molecule has 4 nitrogen and oxygen atoms in total. The maximum Gasteiger partial charge on any atom is 0.255 e. The molecule has 0 atom stereocenters. The third-order valence-electron chi connectivity index (χ3n) is 4.18. The molecular weight excluding hydrogens is 345 g/mol. The predicted molar refractivity (Wildman–Crippen MR) is 101 cm³/mol. The number of carbonyl (C=O) groups is 1. The Hall–Kier alpha value is -1.75. The van der Waals surface area contributed by atoms with Crippen LogP contribution >= 0.6 is 23.2 Å². The Morgan fingerprint density at radius 2 is 1.71 bits per heavy atom. The van der Waals surface area contributed by atoms with Gasteiger partial charge in [0, 0.05) is 31.7 Å². The van der Waals surface area contributed by atoms with Crippen LogP contribution in [-0.4, -0.2) is 44.0 Å². The van der Waals surface area contributed by atoms with Gasteiger partial charge in [0.05, 0.1) is 21.4 Å². The summed E-state index contributed by atoms with van der Waals surface area (Å²) in [4.78, 5) is 17.1. The minimum absolute atomic E-state index is 0.199. The quantitative estimate of drug-likeness (QED) is 0.894. The van der Waals surface area contributed by atoms with Gasteiger partial charge in [-0.15, -0.1) is 0 Å². The Balaban J connectivity index is 1.80. The van der Waals surface area contributed by atoms with E-state index in [4.69, 9.17) is 23.2 Å². The van der Waals surface area contributed by atoms with Gasteiger partial charge in [0.2, 0.25) is 0 Å². The third kappa shape index (κ3) is 3.83. The Morgan fingerprint density at radius 3 is 2.42 bits per heavy atom. The van der Waals surface area contributed by atoms with Gasteiger partial charge >= 0.3 is 0 Å². The molecule has 0 bridgehead atoms. The number of nitrogens with zero attached hydrogens (tertiary/aromatic N) is 2. The zero-order valence-corrected chi connectivity index (χ0v) is 14.9. The maximum absolute atomic E-state index is 12.5. The van der Waals surface area contributed by atoms with E-state index in [1.807, 2.05) is 24.3 Å². The molecule has 1 aliphatic heterocycles. The SMILES string of the molecule is CN1CCN(c2ccccc2NC(=O)c2ccc(Cl)c(Cl)c2)CC1. The lowest BCUT2D eigenvalue weighted by Gasteiger charge is -2.35. The molecule has 1 fully saturated rings. The van der Waals surface area contributed by atoms with Crippen molar-refractivity contribution in [1.29, 1.82) is 0 Å². The summed E-state index contributed by atoms with van der Waals surface area (Å²) in [6.07, 6.45) is 0. The smallest absolute Gasteiger partial charge is 0.255 e. The topological polar surface area (TPSA) is 35.6 Å². The van der Waals surface area contributed by atoms with Crippen LogP contribution in [0.25, 0.3) is 0 Å². The minimum Gasteiger partial charge on any atom is -0.367 e. The fraction of sp³-hybridized carbons (Fsp3) is 0.278. The highest BCUT2D eigenvalue weighted by Crippen LogP contribution is 2.28. The van der Waals surface area contributed by atoms with E-state index in [1.165, 1.54) is 0 Å². The first-order valence-electron chi connectivity index (χ1n) is 7.83. The molecule has 0 unspecified atom stereocenters. The molecule has 0 radical (unpaired) electrons. The summed E-state index contributed by atoms with van der Waals surface area (Å²) in [5, 5.41) is 3.79. The second-order valence-corrected chi connectivity index (χ2v) is 6.70. The number of hydrogen-bond donors (Lipinski definition) is 1. The van der Waals surface area contributed by atoms with Crippen LogP contribution < -0.4 is 10.2 Å². The first-order valence-corrected chi connectivity index (χ1v) is 8.59. The molecular formula is C18H19Cl2N3O. The Bertz CT molecular complexity index is 743. The second kappa shape index (κ2) is 7.43. The molecule has 1 amide bonds. The lowest BCUT2D eigenvalue weighted by atomic mass is 10.1. The number of para-hydroxylation sites is 2. The standard InChI is InChI=1S/C18H19Cl2N3O/c1-22-8-10-23(11-9-22)17-5-3-2-4-16(17)21-18(24)13-6-7-14(19)15(20)12-13/h2-7,12H,8-11H2,1H3,(H,21,24). The molecule has 1 saturated heterocycles. The highest BCUT2D eigenvalue weighted by Gasteiger charge is 2.18. The lowest BCUT2D eigenvalue weighted by Crippen LogP contribution is -2.44. The predicted octanol–water partition coefficient (Wildman–Crippen LogP) is 4.00. The molecule has 0 aliphatic carbocycles. The van der Waals surface area contributed by atoms with Gasteiger partial charge in [-0.25, -0.2) is 0 Å². The van der Waals surface area contributed by atoms with Crippen LogP contribution in [0.1, 0.15) is 10.4 Å². The minimum atomic E-state index is -0.199. The summed E-state index contributed by atoms with van der Waals surface area (Å²) in [7, 11) is 2.12. The molecule has 3 rings (SSSR count). The van der Waals surface area contributed by atoms with Crippen molar-refractivity contribution in [1.82, 2.24) is 4.90 Å². The molecule has 6 heteroatoms. The largest absolute Gasteiger partial charge is 0.367 e. The van der Waals surface area contributed by atoms with E-state index in [-0.39, 0.29) is 5.91 Å². The van der Waals surface area contributed by atoms with Gasteiger partial charge in [0.15, 0.2) is 0 Å². The van der Waals surface area contributed by atoms with E-state index in [0.29, 0.717) is 15.6 Å².